The van der Waals surface area contributed by atoms with Gasteiger partial charge >= 0.3 is 11.9 Å². The normalized spacial score (nSPS) is 15.7. The first-order chi connectivity index (χ1) is 19.1. The summed E-state index contributed by atoms with van der Waals surface area (Å²) in [6.07, 6.45) is -1.19. The fourth-order valence-corrected chi connectivity index (χ4v) is 4.37. The number of aliphatic hydroxyl groups excluding tert-OH is 1. The summed E-state index contributed by atoms with van der Waals surface area (Å²) in [6.45, 7) is 4.65. The van der Waals surface area contributed by atoms with Crippen LogP contribution in [-0.2, 0) is 25.5 Å². The molecule has 214 valence electrons. The molecule has 0 spiro atoms. The van der Waals surface area contributed by atoms with Crippen molar-refractivity contribution in [2.24, 2.45) is 0 Å². The Balaban J connectivity index is 0.000000663. The molecule has 1 aliphatic heterocycles. The Morgan fingerprint density at radius 2 is 1.77 bits per heavy atom. The molecule has 1 fully saturated rings. The maximum Gasteiger partial charge on any atom is 0.347 e. The Hall–Kier alpha value is -3.77. The maximum atomic E-state index is 13.6. The molecule has 0 radical (unpaired) electrons. The van der Waals surface area contributed by atoms with Crippen LogP contribution in [0.4, 0.5) is 0 Å². The van der Waals surface area contributed by atoms with Crippen molar-refractivity contribution >= 4 is 40.3 Å². The lowest BCUT2D eigenvalue weighted by Crippen LogP contribution is -2.69. The van der Waals surface area contributed by atoms with Crippen molar-refractivity contribution in [3.63, 3.8) is 0 Å². The summed E-state index contributed by atoms with van der Waals surface area (Å²) in [5.74, 6) is -2.23. The molecule has 1 saturated heterocycles. The van der Waals surface area contributed by atoms with Gasteiger partial charge in [-0.05, 0) is 49.7 Å². The number of aliphatic carboxylic acids is 1. The number of para-hydroxylation sites is 1. The number of aliphatic hydroxyl groups is 1. The Kier molecular flexibility index (Phi) is 10.8. The predicted molar refractivity (Wildman–Crippen MR) is 148 cm³/mol. The summed E-state index contributed by atoms with van der Waals surface area (Å²) < 4.78 is 11.0. The zero-order chi connectivity index (χ0) is 29.3. The number of aromatic nitrogens is 1. The van der Waals surface area contributed by atoms with Gasteiger partial charge in [-0.3, -0.25) is 14.5 Å². The summed E-state index contributed by atoms with van der Waals surface area (Å²) in [5.41, 5.74) is -0.226. The third kappa shape index (κ3) is 7.66. The number of hydrogen-bond donors (Lipinski definition) is 4. The van der Waals surface area contributed by atoms with E-state index in [0.717, 1.165) is 5.39 Å². The molecule has 2 heterocycles. The molecule has 1 aromatic heterocycles. The second kappa shape index (κ2) is 14.0. The largest absolute Gasteiger partial charge is 0.479 e. The van der Waals surface area contributed by atoms with E-state index in [4.69, 9.17) is 31.3 Å². The number of halogens is 1. The highest BCUT2D eigenvalue weighted by molar-refractivity contribution is 6.30. The minimum atomic E-state index is -1.55. The number of morpholine rings is 1. The number of benzene rings is 2. The van der Waals surface area contributed by atoms with Gasteiger partial charge in [-0.15, -0.1) is 0 Å². The average Bonchev–Trinajstić information content (AvgIpc) is 2.93. The molecule has 4 N–H and O–H groups in total. The fraction of sp³-hybridized carbons (Fsp3) is 0.357. The molecule has 2 unspecified atom stereocenters. The van der Waals surface area contributed by atoms with Gasteiger partial charge in [-0.1, -0.05) is 29.8 Å². The quantitative estimate of drug-likeness (QED) is 0.296. The lowest BCUT2D eigenvalue weighted by atomic mass is 9.93. The van der Waals surface area contributed by atoms with Crippen molar-refractivity contribution in [2.75, 3.05) is 32.9 Å². The number of carbonyl (C=O) groups excluding carboxylic acids is 2. The first-order valence-electron chi connectivity index (χ1n) is 12.7. The Labute approximate surface area is 235 Å². The van der Waals surface area contributed by atoms with Crippen LogP contribution in [0, 0.1) is 0 Å². The summed E-state index contributed by atoms with van der Waals surface area (Å²) in [7, 11) is 0. The standard InChI is InChI=1S/C25H26ClN3O5.C3H6O3/c1-2-34-24(32)25(29-11-13-33-14-12-29,28-23(31)17-7-9-19(26)10-8-17)16-18-15-22(30)27-21-6-4-3-5-20(18)21;1-2(4)3(5)6/h3-10,15H,2,11-14,16H2,1H3,(H,27,30)(H,28,31);2,4H,1H3,(H,5,6). The zero-order valence-corrected chi connectivity index (χ0v) is 22.9. The second-order valence-corrected chi connectivity index (χ2v) is 9.47. The molecule has 0 aliphatic carbocycles. The third-order valence-electron chi connectivity index (χ3n) is 6.23. The molecule has 0 bridgehead atoms. The number of carbonyl (C=O) groups is 3. The van der Waals surface area contributed by atoms with Crippen molar-refractivity contribution in [1.82, 2.24) is 15.2 Å². The fourth-order valence-electron chi connectivity index (χ4n) is 4.24. The number of carboxylic acid groups (broad SMARTS) is 1. The van der Waals surface area contributed by atoms with E-state index in [9.17, 15) is 19.2 Å². The van der Waals surface area contributed by atoms with E-state index in [-0.39, 0.29) is 18.6 Å². The number of aromatic amines is 1. The molecule has 40 heavy (non-hydrogen) atoms. The summed E-state index contributed by atoms with van der Waals surface area (Å²) in [5, 5.41) is 20.0. The number of pyridine rings is 1. The highest BCUT2D eigenvalue weighted by atomic mass is 35.5. The number of carboxylic acids is 1. The van der Waals surface area contributed by atoms with E-state index in [1.165, 1.54) is 13.0 Å². The van der Waals surface area contributed by atoms with Crippen molar-refractivity contribution < 1.29 is 34.1 Å². The highest BCUT2D eigenvalue weighted by Crippen LogP contribution is 2.26. The van der Waals surface area contributed by atoms with Crippen LogP contribution in [0.15, 0.2) is 59.4 Å². The maximum absolute atomic E-state index is 13.6. The van der Waals surface area contributed by atoms with Crippen molar-refractivity contribution in [3.05, 3.63) is 81.1 Å². The van der Waals surface area contributed by atoms with Crippen LogP contribution in [0.1, 0.15) is 29.8 Å². The summed E-state index contributed by atoms with van der Waals surface area (Å²) in [6, 6.07) is 15.2. The van der Waals surface area contributed by atoms with Crippen LogP contribution in [-0.4, -0.2) is 82.6 Å². The van der Waals surface area contributed by atoms with E-state index < -0.39 is 29.6 Å². The van der Waals surface area contributed by atoms with E-state index in [1.54, 1.807) is 37.3 Å². The molecule has 2 aromatic carbocycles. The van der Waals surface area contributed by atoms with Crippen LogP contribution in [0.25, 0.3) is 10.9 Å². The topological polar surface area (TPSA) is 158 Å². The van der Waals surface area contributed by atoms with Crippen molar-refractivity contribution in [3.8, 4) is 0 Å². The van der Waals surface area contributed by atoms with Crippen LogP contribution in [0.3, 0.4) is 0 Å². The monoisotopic (exact) mass is 573 g/mol. The van der Waals surface area contributed by atoms with Gasteiger partial charge in [0.25, 0.3) is 5.91 Å². The lowest BCUT2D eigenvalue weighted by Gasteiger charge is -2.44. The van der Waals surface area contributed by atoms with E-state index >= 15 is 0 Å². The Morgan fingerprint density at radius 1 is 1.15 bits per heavy atom. The summed E-state index contributed by atoms with van der Waals surface area (Å²) >= 11 is 5.98. The Morgan fingerprint density at radius 3 is 2.38 bits per heavy atom. The highest BCUT2D eigenvalue weighted by Gasteiger charge is 2.48. The molecular weight excluding hydrogens is 542 g/mol. The van der Waals surface area contributed by atoms with Gasteiger partial charge in [-0.2, -0.15) is 0 Å². The molecule has 4 rings (SSSR count). The Bertz CT molecular complexity index is 1390. The molecular formula is C28H32ClN3O8. The second-order valence-electron chi connectivity index (χ2n) is 9.04. The van der Waals surface area contributed by atoms with Gasteiger partial charge in [0.2, 0.25) is 5.56 Å². The number of rotatable bonds is 8. The van der Waals surface area contributed by atoms with Crippen LogP contribution < -0.4 is 10.9 Å². The SMILES string of the molecule is CC(O)C(=O)O.CCOC(=O)C(Cc1cc(=O)[nH]c2ccccc12)(NC(=O)c1ccc(Cl)cc1)N1CCOCC1. The smallest absolute Gasteiger partial charge is 0.347 e. The number of H-pyrrole nitrogens is 1. The van der Waals surface area contributed by atoms with Gasteiger partial charge in [0.05, 0.1) is 19.8 Å². The molecule has 11 nitrogen and oxygen atoms in total. The number of nitrogens with zero attached hydrogens (tertiary/aromatic N) is 1. The lowest BCUT2D eigenvalue weighted by molar-refractivity contribution is -0.163. The number of fused-ring (bicyclic) bond motifs is 1. The molecule has 3 aromatic rings. The van der Waals surface area contributed by atoms with Gasteiger partial charge < -0.3 is 30.0 Å². The van der Waals surface area contributed by atoms with Crippen LogP contribution in [0.2, 0.25) is 5.02 Å². The van der Waals surface area contributed by atoms with Crippen molar-refractivity contribution in [1.29, 1.82) is 0 Å². The van der Waals surface area contributed by atoms with E-state index in [0.29, 0.717) is 48.0 Å². The van der Waals surface area contributed by atoms with Gasteiger partial charge in [0.1, 0.15) is 6.10 Å². The minimum Gasteiger partial charge on any atom is -0.479 e. The first-order valence-corrected chi connectivity index (χ1v) is 13.0. The molecule has 0 saturated carbocycles. The van der Waals surface area contributed by atoms with E-state index in [1.807, 2.05) is 23.1 Å². The number of nitrogens with one attached hydrogen (secondary N) is 2. The number of hydrogen-bond acceptors (Lipinski definition) is 8. The van der Waals surface area contributed by atoms with E-state index in [2.05, 4.69) is 10.3 Å². The summed E-state index contributed by atoms with van der Waals surface area (Å²) in [4.78, 5) is 53.5. The predicted octanol–water partition coefficient (Wildman–Crippen LogP) is 2.20. The molecule has 1 amide bonds. The average molecular weight is 574 g/mol. The molecule has 1 aliphatic rings. The van der Waals surface area contributed by atoms with Crippen LogP contribution >= 0.6 is 11.6 Å². The molecule has 12 heteroatoms. The third-order valence-corrected chi connectivity index (χ3v) is 6.48. The first kappa shape index (κ1) is 30.8. The molecule has 2 atom stereocenters. The zero-order valence-electron chi connectivity index (χ0n) is 22.2. The number of amides is 1. The minimum absolute atomic E-state index is 0.0373. The van der Waals surface area contributed by atoms with Crippen LogP contribution in [0.5, 0.6) is 0 Å². The van der Waals surface area contributed by atoms with Gasteiger partial charge in [-0.25, -0.2) is 9.59 Å². The van der Waals surface area contributed by atoms with Crippen molar-refractivity contribution in [2.45, 2.75) is 32.0 Å². The number of ether oxygens (including phenoxy) is 2. The number of esters is 1. The van der Waals surface area contributed by atoms with Gasteiger partial charge in [0.15, 0.2) is 5.66 Å². The van der Waals surface area contributed by atoms with Gasteiger partial charge in [0, 0.05) is 47.1 Å².